The summed E-state index contributed by atoms with van der Waals surface area (Å²) in [6.07, 6.45) is -0.337. The molecule has 0 fully saturated rings. The number of carbonyl (C=O) groups excluding carboxylic acids is 3. The van der Waals surface area contributed by atoms with Crippen molar-refractivity contribution in [2.24, 2.45) is 0 Å². The van der Waals surface area contributed by atoms with Crippen molar-refractivity contribution in [3.8, 4) is 0 Å². The molecule has 3 aromatic rings. The lowest BCUT2D eigenvalue weighted by atomic mass is 10.0. The molecule has 156 valence electrons. The van der Waals surface area contributed by atoms with Gasteiger partial charge in [0.15, 0.2) is 0 Å². The lowest BCUT2D eigenvalue weighted by Gasteiger charge is -2.22. The molecule has 0 aliphatic rings. The number of para-hydroxylation sites is 2. The van der Waals surface area contributed by atoms with Crippen LogP contribution in [0.2, 0.25) is 0 Å². The summed E-state index contributed by atoms with van der Waals surface area (Å²) in [6, 6.07) is 13.4. The van der Waals surface area contributed by atoms with Crippen molar-refractivity contribution in [3.05, 3.63) is 54.1 Å². The Labute approximate surface area is 174 Å². The van der Waals surface area contributed by atoms with Gasteiger partial charge in [-0.25, -0.2) is 9.78 Å². The quantitative estimate of drug-likeness (QED) is 0.514. The van der Waals surface area contributed by atoms with E-state index in [9.17, 15) is 14.4 Å². The number of fused-ring (bicyclic) bond motifs is 2. The third-order valence-electron chi connectivity index (χ3n) is 4.40. The molecule has 30 heavy (non-hydrogen) atoms. The van der Waals surface area contributed by atoms with Crippen molar-refractivity contribution >= 4 is 39.7 Å². The van der Waals surface area contributed by atoms with Gasteiger partial charge in [0.1, 0.15) is 11.6 Å². The number of amides is 1. The lowest BCUT2D eigenvalue weighted by Crippen LogP contribution is -2.44. The number of nitrogens with one attached hydrogen (secondary N) is 1. The summed E-state index contributed by atoms with van der Waals surface area (Å²) < 4.78 is 10.1. The molecule has 0 unspecified atom stereocenters. The molecular weight excluding hydrogens is 384 g/mol. The van der Waals surface area contributed by atoms with Crippen molar-refractivity contribution in [1.82, 2.24) is 10.3 Å². The van der Waals surface area contributed by atoms with Crippen molar-refractivity contribution in [2.75, 3.05) is 7.11 Å². The molecule has 3 rings (SSSR count). The Kier molecular flexibility index (Phi) is 6.01. The highest BCUT2D eigenvalue weighted by Gasteiger charge is 2.29. The molecule has 0 saturated carbocycles. The van der Waals surface area contributed by atoms with Crippen LogP contribution in [0.1, 0.15) is 37.6 Å². The SMILES string of the molecule is COC(=O)[C@@H](CC(=O)OC(C)(C)C)NC(=O)c1c2ccccc2nc2ccccc12. The number of benzene rings is 2. The average Bonchev–Trinajstić information content (AvgIpc) is 2.69. The van der Waals surface area contributed by atoms with Gasteiger partial charge in [-0.2, -0.15) is 0 Å². The summed E-state index contributed by atoms with van der Waals surface area (Å²) in [6.45, 7) is 5.18. The van der Waals surface area contributed by atoms with Crippen LogP contribution in [0.5, 0.6) is 0 Å². The van der Waals surface area contributed by atoms with Crippen LogP contribution < -0.4 is 5.32 Å². The van der Waals surface area contributed by atoms with E-state index in [2.05, 4.69) is 10.3 Å². The van der Waals surface area contributed by atoms with Gasteiger partial charge in [0, 0.05) is 10.8 Å². The van der Waals surface area contributed by atoms with E-state index >= 15 is 0 Å². The van der Waals surface area contributed by atoms with Gasteiger partial charge in [-0.05, 0) is 32.9 Å². The molecule has 7 nitrogen and oxygen atoms in total. The normalized spacial score (nSPS) is 12.4. The first-order valence-corrected chi connectivity index (χ1v) is 9.57. The third-order valence-corrected chi connectivity index (χ3v) is 4.40. The molecule has 0 spiro atoms. The Morgan fingerprint density at radius 1 is 0.967 bits per heavy atom. The van der Waals surface area contributed by atoms with Crippen molar-refractivity contribution in [1.29, 1.82) is 0 Å². The van der Waals surface area contributed by atoms with Gasteiger partial charge >= 0.3 is 11.9 Å². The topological polar surface area (TPSA) is 94.6 Å². The fraction of sp³-hybridized carbons (Fsp3) is 0.304. The van der Waals surface area contributed by atoms with Crippen LogP contribution in [0.25, 0.3) is 21.8 Å². The van der Waals surface area contributed by atoms with Gasteiger partial charge in [0.2, 0.25) is 0 Å². The zero-order valence-corrected chi connectivity index (χ0v) is 17.4. The first-order valence-electron chi connectivity index (χ1n) is 9.57. The highest BCUT2D eigenvalue weighted by atomic mass is 16.6. The predicted octanol–water partition coefficient (Wildman–Crippen LogP) is 3.39. The number of carbonyl (C=O) groups is 3. The number of pyridine rings is 1. The van der Waals surface area contributed by atoms with E-state index in [0.717, 1.165) is 0 Å². The molecular formula is C23H24N2O5. The Balaban J connectivity index is 1.98. The number of methoxy groups -OCH3 is 1. The molecule has 2 aromatic carbocycles. The monoisotopic (exact) mass is 408 g/mol. The minimum Gasteiger partial charge on any atom is -0.467 e. The van der Waals surface area contributed by atoms with Gasteiger partial charge in [0.25, 0.3) is 5.91 Å². The van der Waals surface area contributed by atoms with E-state index < -0.39 is 29.5 Å². The maximum Gasteiger partial charge on any atom is 0.328 e. The van der Waals surface area contributed by atoms with Crippen LogP contribution in [0, 0.1) is 0 Å². The van der Waals surface area contributed by atoms with Gasteiger partial charge in [-0.1, -0.05) is 36.4 Å². The van der Waals surface area contributed by atoms with Crippen LogP contribution >= 0.6 is 0 Å². The summed E-state index contributed by atoms with van der Waals surface area (Å²) in [5.74, 6) is -1.83. The molecule has 1 amide bonds. The Morgan fingerprint density at radius 3 is 2.00 bits per heavy atom. The van der Waals surface area contributed by atoms with Crippen LogP contribution in [-0.2, 0) is 19.1 Å². The largest absolute Gasteiger partial charge is 0.467 e. The fourth-order valence-corrected chi connectivity index (χ4v) is 3.20. The Hall–Kier alpha value is -3.48. The maximum absolute atomic E-state index is 13.3. The van der Waals surface area contributed by atoms with Crippen molar-refractivity contribution in [2.45, 2.75) is 38.8 Å². The summed E-state index contributed by atoms with van der Waals surface area (Å²) in [5, 5.41) is 3.94. The molecule has 1 N–H and O–H groups in total. The number of rotatable bonds is 5. The third kappa shape index (κ3) is 4.74. The molecule has 0 radical (unpaired) electrons. The van der Waals surface area contributed by atoms with E-state index in [-0.39, 0.29) is 6.42 Å². The minimum atomic E-state index is -1.18. The number of aromatic nitrogens is 1. The molecule has 1 aromatic heterocycles. The zero-order chi connectivity index (χ0) is 21.9. The fourth-order valence-electron chi connectivity index (χ4n) is 3.20. The van der Waals surface area contributed by atoms with Crippen LogP contribution in [0.3, 0.4) is 0 Å². The summed E-state index contributed by atoms with van der Waals surface area (Å²) in [5.41, 5.74) is 0.986. The maximum atomic E-state index is 13.3. The zero-order valence-electron chi connectivity index (χ0n) is 17.4. The molecule has 0 aliphatic heterocycles. The second-order valence-corrected chi connectivity index (χ2v) is 7.86. The standard InChI is InChI=1S/C23H24N2O5/c1-23(2,3)30-19(26)13-18(22(28)29-4)25-21(27)20-14-9-5-7-11-16(14)24-17-12-8-6-10-15(17)20/h5-12,18H,13H2,1-4H3,(H,25,27)/t18-/m1/s1. The molecule has 0 bridgehead atoms. The van der Waals surface area contributed by atoms with E-state index in [1.54, 1.807) is 32.9 Å². The number of nitrogens with zero attached hydrogens (tertiary/aromatic N) is 1. The van der Waals surface area contributed by atoms with Crippen molar-refractivity contribution < 1.29 is 23.9 Å². The summed E-state index contributed by atoms with van der Waals surface area (Å²) >= 11 is 0. The number of esters is 2. The number of hydrogen-bond donors (Lipinski definition) is 1. The molecule has 7 heteroatoms. The lowest BCUT2D eigenvalue weighted by molar-refractivity contribution is -0.158. The predicted molar refractivity (Wildman–Crippen MR) is 113 cm³/mol. The van der Waals surface area contributed by atoms with Crippen LogP contribution in [0.15, 0.2) is 48.5 Å². The Morgan fingerprint density at radius 2 is 1.50 bits per heavy atom. The van der Waals surface area contributed by atoms with Crippen molar-refractivity contribution in [3.63, 3.8) is 0 Å². The molecule has 0 saturated heterocycles. The highest BCUT2D eigenvalue weighted by Crippen LogP contribution is 2.26. The van der Waals surface area contributed by atoms with Gasteiger partial charge < -0.3 is 14.8 Å². The Bertz CT molecular complexity index is 1060. The molecule has 1 heterocycles. The molecule has 0 aliphatic carbocycles. The first-order chi connectivity index (χ1) is 14.2. The second-order valence-electron chi connectivity index (χ2n) is 7.86. The van der Waals surface area contributed by atoms with E-state index in [1.165, 1.54) is 7.11 Å². The van der Waals surface area contributed by atoms with Gasteiger partial charge in [-0.15, -0.1) is 0 Å². The van der Waals surface area contributed by atoms with Gasteiger partial charge in [-0.3, -0.25) is 9.59 Å². The van der Waals surface area contributed by atoms with Gasteiger partial charge in [0.05, 0.1) is 30.1 Å². The van der Waals surface area contributed by atoms with E-state index in [4.69, 9.17) is 9.47 Å². The highest BCUT2D eigenvalue weighted by molar-refractivity contribution is 6.16. The van der Waals surface area contributed by atoms with Crippen LogP contribution in [-0.4, -0.2) is 41.6 Å². The number of ether oxygens (including phenoxy) is 2. The smallest absolute Gasteiger partial charge is 0.328 e. The molecule has 1 atom stereocenters. The number of hydrogen-bond acceptors (Lipinski definition) is 6. The summed E-state index contributed by atoms with van der Waals surface area (Å²) in [4.78, 5) is 42.4. The average molecular weight is 408 g/mol. The minimum absolute atomic E-state index is 0.337. The first kappa shape index (κ1) is 21.2. The van der Waals surface area contributed by atoms with E-state index in [1.807, 2.05) is 36.4 Å². The summed E-state index contributed by atoms with van der Waals surface area (Å²) in [7, 11) is 1.20. The van der Waals surface area contributed by atoms with E-state index in [0.29, 0.717) is 27.4 Å². The second kappa shape index (κ2) is 8.49. The van der Waals surface area contributed by atoms with Crippen LogP contribution in [0.4, 0.5) is 0 Å².